The zero-order valence-corrected chi connectivity index (χ0v) is 30.0. The highest BCUT2D eigenvalue weighted by Crippen LogP contribution is 2.39. The van der Waals surface area contributed by atoms with Crippen LogP contribution in [-0.2, 0) is 9.47 Å². The lowest BCUT2D eigenvalue weighted by Gasteiger charge is -2.30. The van der Waals surface area contributed by atoms with Crippen LogP contribution in [0.1, 0.15) is 53.0 Å². The summed E-state index contributed by atoms with van der Waals surface area (Å²) in [7, 11) is 0. The van der Waals surface area contributed by atoms with Crippen LogP contribution >= 0.6 is 0 Å². The van der Waals surface area contributed by atoms with Gasteiger partial charge in [0.2, 0.25) is 0 Å². The molecule has 0 aliphatic heterocycles. The molecule has 290 valence electrons. The second-order valence-electron chi connectivity index (χ2n) is 12.9. The Hall–Kier alpha value is -6.74. The molecule has 0 radical (unpaired) electrons. The molecule has 4 rings (SSSR count). The number of esters is 2. The Morgan fingerprint density at radius 3 is 1.59 bits per heavy atom. The van der Waals surface area contributed by atoms with E-state index in [0.717, 1.165) is 41.8 Å². The van der Waals surface area contributed by atoms with Gasteiger partial charge in [-0.2, -0.15) is 36.9 Å². The molecule has 15 heteroatoms. The quantitative estimate of drug-likeness (QED) is 0.0642. The van der Waals surface area contributed by atoms with E-state index in [0.29, 0.717) is 17.7 Å². The summed E-state index contributed by atoms with van der Waals surface area (Å²) in [5, 5.41) is 18.7. The molecule has 0 N–H and O–H groups in total. The van der Waals surface area contributed by atoms with Crippen LogP contribution in [-0.4, -0.2) is 38.2 Å². The molecule has 1 aliphatic rings. The van der Waals surface area contributed by atoms with E-state index < -0.39 is 36.1 Å². The number of allylic oxidation sites excluding steroid dienone is 5. The Morgan fingerprint density at radius 1 is 0.696 bits per heavy atom. The molecule has 0 unspecified atom stereocenters. The van der Waals surface area contributed by atoms with Crippen molar-refractivity contribution >= 4 is 23.7 Å². The van der Waals surface area contributed by atoms with Crippen LogP contribution in [0.25, 0.3) is 6.08 Å². The molecule has 0 heterocycles. The summed E-state index contributed by atoms with van der Waals surface area (Å²) >= 11 is 0. The van der Waals surface area contributed by atoms with E-state index in [2.05, 4.69) is 23.3 Å². The van der Waals surface area contributed by atoms with Crippen molar-refractivity contribution in [3.05, 3.63) is 143 Å². The van der Waals surface area contributed by atoms with Crippen molar-refractivity contribution in [3.63, 3.8) is 0 Å². The number of hydrogen-bond donors (Lipinski definition) is 0. The maximum absolute atomic E-state index is 13.1. The molecule has 56 heavy (non-hydrogen) atoms. The summed E-state index contributed by atoms with van der Waals surface area (Å²) in [5.74, 6) is -2.05. The van der Waals surface area contributed by atoms with Crippen LogP contribution in [0.5, 0.6) is 11.5 Å². The number of halogens is 6. The first-order valence-electron chi connectivity index (χ1n) is 16.8. The Morgan fingerprint density at radius 2 is 1.16 bits per heavy atom. The summed E-state index contributed by atoms with van der Waals surface area (Å²) in [4.78, 5) is 27.2. The highest BCUT2D eigenvalue weighted by molar-refractivity contribution is 5.90. The van der Waals surface area contributed by atoms with Crippen molar-refractivity contribution in [3.8, 4) is 23.6 Å². The number of anilines is 1. The van der Waals surface area contributed by atoms with E-state index in [9.17, 15) is 46.5 Å². The third-order valence-corrected chi connectivity index (χ3v) is 8.08. The van der Waals surface area contributed by atoms with E-state index in [4.69, 9.17) is 9.47 Å². The van der Waals surface area contributed by atoms with Crippen molar-refractivity contribution in [1.29, 1.82) is 10.5 Å². The number of hydrogen-bond acceptors (Lipinski definition) is 9. The Kier molecular flexibility index (Phi) is 14.7. The molecular formula is C41H33F6N3O6. The molecule has 3 aromatic carbocycles. The van der Waals surface area contributed by atoms with Gasteiger partial charge in [-0.1, -0.05) is 44.2 Å². The Bertz CT molecular complexity index is 2040. The number of rotatable bonds is 15. The molecule has 0 spiro atoms. The van der Waals surface area contributed by atoms with E-state index in [1.165, 1.54) is 24.3 Å². The van der Waals surface area contributed by atoms with Gasteiger partial charge in [-0.25, -0.2) is 9.59 Å². The number of carbonyl (C=O) groups excluding carboxylic acids is 2. The van der Waals surface area contributed by atoms with Gasteiger partial charge < -0.3 is 23.8 Å². The smallest absolute Gasteiger partial charge is 0.344 e. The van der Waals surface area contributed by atoms with Crippen molar-refractivity contribution in [2.75, 3.05) is 31.2 Å². The summed E-state index contributed by atoms with van der Waals surface area (Å²) < 4.78 is 95.0. The van der Waals surface area contributed by atoms with Crippen LogP contribution in [0.15, 0.2) is 126 Å². The monoisotopic (exact) mass is 777 g/mol. The van der Waals surface area contributed by atoms with Gasteiger partial charge in [0.1, 0.15) is 42.4 Å². The SMILES string of the molecule is CC1(C)CC(/C=C/c2ccc(N(CCOC(=O)c3ccc(OC(F)=C(F)F)cc3)CCOC(=O)c3ccc(OC(F)=C(F)F)cc3)cc2)=CC(=C(C#N)C#N)C1. The topological polar surface area (TPSA) is 122 Å². The van der Waals surface area contributed by atoms with Crippen LogP contribution < -0.4 is 14.4 Å². The standard InChI is InChI=1S/C41H33F6N3O6/c1-41(2)22-27(21-30(23-41)31(24-48)25-49)4-3-26-5-11-32(12-6-26)50(17-19-53-39(51)28-7-13-33(14-8-28)55-37(46)35(42)43)18-20-54-40(52)29-9-15-34(16-10-29)56-38(47)36(44)45/h3-16,21H,17-20,22-23H2,1-2H3/b4-3+. The van der Waals surface area contributed by atoms with Crippen LogP contribution in [0.2, 0.25) is 0 Å². The zero-order valence-electron chi connectivity index (χ0n) is 30.0. The number of nitrogens with zero attached hydrogens (tertiary/aromatic N) is 3. The highest BCUT2D eigenvalue weighted by atomic mass is 19.3. The molecular weight excluding hydrogens is 744 g/mol. The lowest BCUT2D eigenvalue weighted by molar-refractivity contribution is 0.0504. The van der Waals surface area contributed by atoms with Gasteiger partial charge in [0.25, 0.3) is 0 Å². The van der Waals surface area contributed by atoms with E-state index in [1.807, 2.05) is 42.5 Å². The molecule has 1 aliphatic carbocycles. The minimum Gasteiger partial charge on any atom is -0.460 e. The number of benzene rings is 3. The maximum Gasteiger partial charge on any atom is 0.344 e. The first-order chi connectivity index (χ1) is 26.7. The fourth-order valence-corrected chi connectivity index (χ4v) is 5.53. The fraction of sp³-hybridized carbons (Fsp3) is 0.220. The third-order valence-electron chi connectivity index (χ3n) is 8.08. The summed E-state index contributed by atoms with van der Waals surface area (Å²) in [6.45, 7) is 4.09. The molecule has 0 bridgehead atoms. The molecule has 0 aromatic heterocycles. The van der Waals surface area contributed by atoms with Gasteiger partial charge in [-0.15, -0.1) is 0 Å². The van der Waals surface area contributed by atoms with Crippen LogP contribution in [0.3, 0.4) is 0 Å². The summed E-state index contributed by atoms with van der Waals surface area (Å²) in [5.41, 5.74) is 3.14. The third kappa shape index (κ3) is 12.4. The summed E-state index contributed by atoms with van der Waals surface area (Å²) in [6.07, 6.45) is 1.75. The van der Waals surface area contributed by atoms with Gasteiger partial charge >= 0.3 is 36.1 Å². The number of ether oxygens (including phenoxy) is 4. The average Bonchev–Trinajstić information content (AvgIpc) is 3.17. The van der Waals surface area contributed by atoms with Crippen molar-refractivity contribution in [2.24, 2.45) is 5.41 Å². The molecule has 9 nitrogen and oxygen atoms in total. The van der Waals surface area contributed by atoms with Crippen molar-refractivity contribution in [2.45, 2.75) is 26.7 Å². The molecule has 0 fully saturated rings. The Labute approximate surface area is 318 Å². The first kappa shape index (κ1) is 42.0. The van der Waals surface area contributed by atoms with Crippen molar-refractivity contribution < 1.29 is 54.9 Å². The molecule has 3 aromatic rings. The lowest BCUT2D eigenvalue weighted by atomic mass is 9.74. The van der Waals surface area contributed by atoms with Gasteiger partial charge in [0.15, 0.2) is 0 Å². The predicted molar refractivity (Wildman–Crippen MR) is 192 cm³/mol. The molecule has 0 saturated carbocycles. The largest absolute Gasteiger partial charge is 0.460 e. The van der Waals surface area contributed by atoms with Gasteiger partial charge in [-0.05, 0) is 95.6 Å². The van der Waals surface area contributed by atoms with Crippen LogP contribution in [0.4, 0.5) is 32.0 Å². The molecule has 0 amide bonds. The normalized spacial score (nSPS) is 13.0. The number of nitriles is 2. The summed E-state index contributed by atoms with van der Waals surface area (Å²) in [6, 6.07) is 16.4. The minimum absolute atomic E-state index is 0.0413. The highest BCUT2D eigenvalue weighted by Gasteiger charge is 2.26. The molecule has 0 atom stereocenters. The van der Waals surface area contributed by atoms with Crippen molar-refractivity contribution in [1.82, 2.24) is 0 Å². The first-order valence-corrected chi connectivity index (χ1v) is 16.8. The van der Waals surface area contributed by atoms with Gasteiger partial charge in [0.05, 0.1) is 24.2 Å². The van der Waals surface area contributed by atoms with E-state index in [1.54, 1.807) is 17.0 Å². The van der Waals surface area contributed by atoms with Gasteiger partial charge in [-0.3, -0.25) is 0 Å². The zero-order chi connectivity index (χ0) is 40.8. The van der Waals surface area contributed by atoms with Gasteiger partial charge in [0, 0.05) is 5.69 Å². The maximum atomic E-state index is 13.1. The van der Waals surface area contributed by atoms with Crippen LogP contribution in [0, 0.1) is 28.1 Å². The fourth-order valence-electron chi connectivity index (χ4n) is 5.53. The lowest BCUT2D eigenvalue weighted by Crippen LogP contribution is -2.32. The predicted octanol–water partition coefficient (Wildman–Crippen LogP) is 10.1. The van der Waals surface area contributed by atoms with E-state index in [-0.39, 0.29) is 59.9 Å². The average molecular weight is 778 g/mol. The number of carbonyl (C=O) groups is 2. The van der Waals surface area contributed by atoms with E-state index >= 15 is 0 Å². The molecule has 0 saturated heterocycles. The minimum atomic E-state index is -2.63. The second-order valence-corrected chi connectivity index (χ2v) is 12.9. The second kappa shape index (κ2) is 19.5. The Balaban J connectivity index is 1.45.